The van der Waals surface area contributed by atoms with Crippen LogP contribution in [0.5, 0.6) is 0 Å². The first-order chi connectivity index (χ1) is 14.6. The normalized spacial score (nSPS) is 17.1. The number of hydrogen-bond acceptors (Lipinski definition) is 3. The summed E-state index contributed by atoms with van der Waals surface area (Å²) in [6.07, 6.45) is 8.05. The highest BCUT2D eigenvalue weighted by molar-refractivity contribution is 5.86. The monoisotopic (exact) mass is 405 g/mol. The first kappa shape index (κ1) is 19.1. The molecule has 3 heterocycles. The zero-order valence-corrected chi connectivity index (χ0v) is 17.7. The zero-order valence-electron chi connectivity index (χ0n) is 17.7. The summed E-state index contributed by atoms with van der Waals surface area (Å²) in [4.78, 5) is 2.15. The molecule has 0 radical (unpaired) electrons. The van der Waals surface area contributed by atoms with E-state index < -0.39 is 0 Å². The number of hydrogen-bond donors (Lipinski definition) is 1. The first-order valence-electron chi connectivity index (χ1n) is 10.9. The highest BCUT2D eigenvalue weighted by Gasteiger charge is 2.32. The molecule has 2 aliphatic rings. The molecule has 1 fully saturated rings. The second kappa shape index (κ2) is 7.42. The molecule has 6 heteroatoms. The molecule has 1 N–H and O–H groups in total. The van der Waals surface area contributed by atoms with Crippen LogP contribution in [0.25, 0.3) is 17.0 Å². The summed E-state index contributed by atoms with van der Waals surface area (Å²) in [5.41, 5.74) is 5.66. The van der Waals surface area contributed by atoms with Gasteiger partial charge in [0.25, 0.3) is 0 Å². The Morgan fingerprint density at radius 3 is 2.90 bits per heavy atom. The van der Waals surface area contributed by atoms with Crippen LogP contribution < -0.4 is 4.90 Å². The summed E-state index contributed by atoms with van der Waals surface area (Å²) in [5.74, 6) is 1.63. The van der Waals surface area contributed by atoms with Crippen molar-refractivity contribution in [3.63, 3.8) is 0 Å². The minimum atomic E-state index is -0.190. The fourth-order valence-corrected chi connectivity index (χ4v) is 4.57. The van der Waals surface area contributed by atoms with Crippen molar-refractivity contribution in [1.82, 2.24) is 20.0 Å². The molecule has 0 spiro atoms. The van der Waals surface area contributed by atoms with Crippen molar-refractivity contribution in [1.29, 1.82) is 0 Å². The molecule has 2 aromatic heterocycles. The fraction of sp³-hybridized carbons (Fsp3) is 0.417. The van der Waals surface area contributed by atoms with Crippen molar-refractivity contribution in [3.05, 3.63) is 59.7 Å². The Morgan fingerprint density at radius 2 is 2.13 bits per heavy atom. The summed E-state index contributed by atoms with van der Waals surface area (Å²) in [7, 11) is 0. The molecule has 1 aliphatic carbocycles. The van der Waals surface area contributed by atoms with Crippen LogP contribution in [-0.4, -0.2) is 26.5 Å². The topological polar surface area (TPSA) is 49.7 Å². The number of anilines is 1. The number of benzene rings is 1. The minimum absolute atomic E-state index is 0.190. The average molecular weight is 406 g/mol. The van der Waals surface area contributed by atoms with Gasteiger partial charge >= 0.3 is 0 Å². The van der Waals surface area contributed by atoms with E-state index in [2.05, 4.69) is 46.7 Å². The van der Waals surface area contributed by atoms with Gasteiger partial charge in [0.2, 0.25) is 0 Å². The summed E-state index contributed by atoms with van der Waals surface area (Å²) < 4.78 is 17.0. The average Bonchev–Trinajstić information content (AvgIpc) is 3.33. The van der Waals surface area contributed by atoms with Crippen LogP contribution in [0, 0.1) is 5.82 Å². The fourth-order valence-electron chi connectivity index (χ4n) is 4.57. The molecular formula is C24H28FN5. The molecule has 1 saturated carbocycles. The molecular weight excluding hydrogens is 377 g/mol. The summed E-state index contributed by atoms with van der Waals surface area (Å²) in [5, 5.41) is 12.2. The molecule has 5 rings (SSSR count). The molecule has 3 aromatic rings. The van der Waals surface area contributed by atoms with E-state index in [1.165, 1.54) is 5.56 Å². The Kier molecular flexibility index (Phi) is 4.72. The van der Waals surface area contributed by atoms with Crippen molar-refractivity contribution < 1.29 is 4.39 Å². The van der Waals surface area contributed by atoms with Gasteiger partial charge in [-0.1, -0.05) is 32.6 Å². The second-order valence-electron chi connectivity index (χ2n) is 8.54. The van der Waals surface area contributed by atoms with Gasteiger partial charge in [-0.15, -0.1) is 0 Å². The van der Waals surface area contributed by atoms with Gasteiger partial charge in [-0.3, -0.25) is 5.10 Å². The molecule has 1 atom stereocenters. The van der Waals surface area contributed by atoms with Crippen molar-refractivity contribution in [2.45, 2.75) is 57.9 Å². The predicted octanol–water partition coefficient (Wildman–Crippen LogP) is 5.68. The molecule has 1 unspecified atom stereocenters. The smallest absolute Gasteiger partial charge is 0.140 e. The number of aromatic amines is 1. The third-order valence-electron chi connectivity index (χ3n) is 6.58. The van der Waals surface area contributed by atoms with Gasteiger partial charge in [0, 0.05) is 29.9 Å². The Hall–Kier alpha value is -2.89. The lowest BCUT2D eigenvalue weighted by atomic mass is 9.96. The zero-order chi connectivity index (χ0) is 20.8. The van der Waals surface area contributed by atoms with Crippen LogP contribution >= 0.6 is 0 Å². The van der Waals surface area contributed by atoms with Crippen molar-refractivity contribution in [2.24, 2.45) is 0 Å². The molecule has 30 heavy (non-hydrogen) atoms. The number of nitrogens with zero attached hydrogens (tertiary/aromatic N) is 4. The van der Waals surface area contributed by atoms with Crippen LogP contribution in [0.2, 0.25) is 0 Å². The van der Waals surface area contributed by atoms with E-state index in [0.717, 1.165) is 67.1 Å². The van der Waals surface area contributed by atoms with Crippen molar-refractivity contribution in [2.75, 3.05) is 11.4 Å². The van der Waals surface area contributed by atoms with E-state index in [1.807, 2.05) is 23.1 Å². The Balaban J connectivity index is 1.60. The van der Waals surface area contributed by atoms with Crippen LogP contribution in [0.3, 0.4) is 0 Å². The molecule has 5 nitrogen and oxygen atoms in total. The number of halogens is 1. The van der Waals surface area contributed by atoms with Gasteiger partial charge < -0.3 is 4.90 Å². The number of nitrogens with one attached hydrogen (secondary N) is 1. The number of H-pyrrole nitrogens is 1. The summed E-state index contributed by atoms with van der Waals surface area (Å²) in [6, 6.07) is 5.42. The Bertz CT molecular complexity index is 1090. The van der Waals surface area contributed by atoms with E-state index in [-0.39, 0.29) is 5.82 Å². The van der Waals surface area contributed by atoms with E-state index in [1.54, 1.807) is 6.07 Å². The van der Waals surface area contributed by atoms with Crippen molar-refractivity contribution in [3.8, 4) is 11.3 Å². The van der Waals surface area contributed by atoms with E-state index in [0.29, 0.717) is 17.4 Å². The van der Waals surface area contributed by atoms with Gasteiger partial charge in [0.15, 0.2) is 0 Å². The molecule has 1 aliphatic heterocycles. The predicted molar refractivity (Wildman–Crippen MR) is 118 cm³/mol. The number of fused-ring (bicyclic) bond motifs is 1. The Morgan fingerprint density at radius 1 is 1.30 bits per heavy atom. The molecule has 0 amide bonds. The lowest BCUT2D eigenvalue weighted by molar-refractivity contribution is 0.542. The molecule has 0 saturated heterocycles. The SMILES string of the molecule is C=C(c1c(F)cccc1C1CC1)N1CCCn2ncc(-c3[nH]ncc3C(C)CC)c21. The molecule has 1 aromatic carbocycles. The van der Waals surface area contributed by atoms with Gasteiger partial charge in [-0.25, -0.2) is 9.07 Å². The molecule has 156 valence electrons. The lowest BCUT2D eigenvalue weighted by Crippen LogP contribution is -2.31. The first-order valence-corrected chi connectivity index (χ1v) is 10.9. The van der Waals surface area contributed by atoms with Crippen LogP contribution in [0.4, 0.5) is 10.2 Å². The van der Waals surface area contributed by atoms with Gasteiger partial charge in [-0.05, 0) is 49.1 Å². The van der Waals surface area contributed by atoms with Gasteiger partial charge in [-0.2, -0.15) is 10.2 Å². The van der Waals surface area contributed by atoms with Gasteiger partial charge in [0.1, 0.15) is 11.6 Å². The second-order valence-corrected chi connectivity index (χ2v) is 8.54. The maximum atomic E-state index is 15.0. The largest absolute Gasteiger partial charge is 0.326 e. The summed E-state index contributed by atoms with van der Waals surface area (Å²) in [6.45, 7) is 10.4. The maximum absolute atomic E-state index is 15.0. The van der Waals surface area contributed by atoms with Crippen molar-refractivity contribution >= 4 is 11.5 Å². The number of aryl methyl sites for hydroxylation is 1. The van der Waals surface area contributed by atoms with E-state index >= 15 is 4.39 Å². The molecule has 0 bridgehead atoms. The number of rotatable bonds is 6. The van der Waals surface area contributed by atoms with Crippen LogP contribution in [0.1, 0.15) is 68.1 Å². The lowest BCUT2D eigenvalue weighted by Gasteiger charge is -2.33. The third kappa shape index (κ3) is 3.06. The Labute approximate surface area is 176 Å². The highest BCUT2D eigenvalue weighted by atomic mass is 19.1. The minimum Gasteiger partial charge on any atom is -0.326 e. The van der Waals surface area contributed by atoms with E-state index in [4.69, 9.17) is 0 Å². The van der Waals surface area contributed by atoms with Crippen LogP contribution in [-0.2, 0) is 6.54 Å². The quantitative estimate of drug-likeness (QED) is 0.574. The highest BCUT2D eigenvalue weighted by Crippen LogP contribution is 2.46. The summed E-state index contributed by atoms with van der Waals surface area (Å²) >= 11 is 0. The maximum Gasteiger partial charge on any atom is 0.140 e. The number of aromatic nitrogens is 4. The van der Waals surface area contributed by atoms with Crippen LogP contribution in [0.15, 0.2) is 37.2 Å². The van der Waals surface area contributed by atoms with Gasteiger partial charge in [0.05, 0.1) is 23.7 Å². The standard InChI is InChI=1S/C24H28FN5/c1-4-15(2)19-13-26-28-23(19)20-14-27-30-12-6-11-29(24(20)30)16(3)22-18(17-9-10-17)7-5-8-21(22)25/h5,7-8,13-15,17H,3-4,6,9-12H2,1-2H3,(H,26,28). The third-order valence-corrected chi connectivity index (χ3v) is 6.58. The van der Waals surface area contributed by atoms with E-state index in [9.17, 15) is 0 Å².